The summed E-state index contributed by atoms with van der Waals surface area (Å²) in [4.78, 5) is 0. The van der Waals surface area contributed by atoms with Gasteiger partial charge in [0.15, 0.2) is 0 Å². The molecular weight excluding hydrogens is 195 g/mol. The first-order valence-electron chi connectivity index (χ1n) is 4.53. The van der Waals surface area contributed by atoms with Gasteiger partial charge in [0.25, 0.3) is 0 Å². The van der Waals surface area contributed by atoms with Crippen molar-refractivity contribution < 1.29 is 14.7 Å². The summed E-state index contributed by atoms with van der Waals surface area (Å²) in [7, 11) is -3.02. The first-order chi connectivity index (χ1) is 6.39. The normalized spacial score (nSPS) is 11.2. The van der Waals surface area contributed by atoms with Gasteiger partial charge in [-0.05, 0) is 12.1 Å². The van der Waals surface area contributed by atoms with Crippen molar-refractivity contribution in [1.82, 2.24) is 0 Å². The summed E-state index contributed by atoms with van der Waals surface area (Å²) < 4.78 is 4.71. The van der Waals surface area contributed by atoms with Gasteiger partial charge in [0.1, 0.15) is 5.75 Å². The molecule has 2 N–H and O–H groups in total. The molecule has 76 valence electrons. The zero-order chi connectivity index (χ0) is 10.8. The molecule has 0 bridgehead atoms. The van der Waals surface area contributed by atoms with Crippen LogP contribution in [0.4, 0.5) is 0 Å². The maximum absolute atomic E-state index is 8.58. The van der Waals surface area contributed by atoms with E-state index < -0.39 is 15.4 Å². The largest absolute Gasteiger partial charge is 0.707 e. The quantitative estimate of drug-likeness (QED) is 0.717. The zero-order valence-corrected chi connectivity index (χ0v) is 9.69. The van der Waals surface area contributed by atoms with Crippen molar-refractivity contribution in [3.05, 3.63) is 24.3 Å². The van der Waals surface area contributed by atoms with Gasteiger partial charge in [-0.15, -0.1) is 0 Å². The van der Waals surface area contributed by atoms with Crippen LogP contribution in [0.1, 0.15) is 0 Å². The minimum Gasteiger partial charge on any atom is -0.512 e. The monoisotopic (exact) mass is 210 g/mol. The van der Waals surface area contributed by atoms with Gasteiger partial charge in [-0.1, -0.05) is 37.0 Å². The number of benzene rings is 1. The van der Waals surface area contributed by atoms with Crippen molar-refractivity contribution in [2.75, 3.05) is 0 Å². The van der Waals surface area contributed by atoms with E-state index >= 15 is 0 Å². The molecule has 0 spiro atoms. The van der Waals surface area contributed by atoms with E-state index in [1.807, 2.05) is 12.1 Å². The molecule has 1 aromatic rings. The highest BCUT2D eigenvalue weighted by Crippen LogP contribution is 2.10. The first-order valence-corrected chi connectivity index (χ1v) is 8.03. The molecule has 0 saturated carbocycles. The summed E-state index contributed by atoms with van der Waals surface area (Å²) in [6.45, 7) is 6.76. The predicted octanol–water partition coefficient (Wildman–Crippen LogP) is 0.580. The van der Waals surface area contributed by atoms with E-state index in [0.29, 0.717) is 5.75 Å². The summed E-state index contributed by atoms with van der Waals surface area (Å²) in [6.07, 6.45) is 0. The third kappa shape index (κ3) is 3.17. The minimum absolute atomic E-state index is 0.474. The average molecular weight is 210 g/mol. The van der Waals surface area contributed by atoms with Gasteiger partial charge < -0.3 is 14.7 Å². The Kier molecular flexibility index (Phi) is 3.36. The number of rotatable bonds is 3. The molecule has 14 heavy (non-hydrogen) atoms. The lowest BCUT2D eigenvalue weighted by atomic mass is 10.2. The van der Waals surface area contributed by atoms with Crippen molar-refractivity contribution in [3.63, 3.8) is 0 Å². The smallest absolute Gasteiger partial charge is 0.512 e. The fourth-order valence-electron chi connectivity index (χ4n) is 1.16. The average Bonchev–Trinajstić information content (AvgIpc) is 2.02. The van der Waals surface area contributed by atoms with Crippen LogP contribution >= 0.6 is 0 Å². The standard InChI is InChI=1S/C9H15BO3Si/c1-14(2,3)9-6-4-8(5-7-9)13-10(11)12/h4-7,11-12H,1-3H3. The first kappa shape index (κ1) is 11.3. The Bertz CT molecular complexity index is 292. The molecule has 1 rings (SSSR count). The molecule has 0 amide bonds. The van der Waals surface area contributed by atoms with Gasteiger partial charge >= 0.3 is 7.32 Å². The van der Waals surface area contributed by atoms with E-state index in [1.54, 1.807) is 12.1 Å². The van der Waals surface area contributed by atoms with Crippen LogP contribution in [0.2, 0.25) is 19.6 Å². The van der Waals surface area contributed by atoms with Crippen LogP contribution < -0.4 is 9.84 Å². The van der Waals surface area contributed by atoms with Gasteiger partial charge in [-0.3, -0.25) is 0 Å². The fraction of sp³-hybridized carbons (Fsp3) is 0.333. The van der Waals surface area contributed by atoms with Crippen molar-refractivity contribution in [2.45, 2.75) is 19.6 Å². The van der Waals surface area contributed by atoms with E-state index in [-0.39, 0.29) is 0 Å². The molecule has 0 radical (unpaired) electrons. The molecule has 0 saturated heterocycles. The van der Waals surface area contributed by atoms with Crippen LogP contribution in [-0.4, -0.2) is 25.4 Å². The summed E-state index contributed by atoms with van der Waals surface area (Å²) >= 11 is 0. The van der Waals surface area contributed by atoms with Gasteiger partial charge in [0, 0.05) is 0 Å². The van der Waals surface area contributed by atoms with E-state index in [4.69, 9.17) is 14.7 Å². The Labute approximate surface area is 85.5 Å². The van der Waals surface area contributed by atoms with Crippen LogP contribution in [0.3, 0.4) is 0 Å². The predicted molar refractivity (Wildman–Crippen MR) is 60.2 cm³/mol. The highest BCUT2D eigenvalue weighted by atomic mass is 28.3. The van der Waals surface area contributed by atoms with Crippen LogP contribution in [0.15, 0.2) is 24.3 Å². The van der Waals surface area contributed by atoms with E-state index in [0.717, 1.165) is 0 Å². The topological polar surface area (TPSA) is 49.7 Å². The lowest BCUT2D eigenvalue weighted by Crippen LogP contribution is -2.37. The number of hydrogen-bond donors (Lipinski definition) is 2. The van der Waals surface area contributed by atoms with Crippen molar-refractivity contribution >= 4 is 20.6 Å². The Morgan fingerprint density at radius 1 is 1.07 bits per heavy atom. The van der Waals surface area contributed by atoms with Crippen LogP contribution in [0.5, 0.6) is 5.75 Å². The third-order valence-electron chi connectivity index (χ3n) is 1.96. The van der Waals surface area contributed by atoms with Crippen LogP contribution in [-0.2, 0) is 0 Å². The maximum atomic E-state index is 8.58. The van der Waals surface area contributed by atoms with E-state index in [1.165, 1.54) is 5.19 Å². The van der Waals surface area contributed by atoms with Crippen molar-refractivity contribution in [1.29, 1.82) is 0 Å². The van der Waals surface area contributed by atoms with Crippen molar-refractivity contribution in [2.24, 2.45) is 0 Å². The highest BCUT2D eigenvalue weighted by molar-refractivity contribution is 6.88. The van der Waals surface area contributed by atoms with E-state index in [2.05, 4.69) is 19.6 Å². The third-order valence-corrected chi connectivity index (χ3v) is 4.03. The Balaban J connectivity index is 2.79. The van der Waals surface area contributed by atoms with Gasteiger partial charge in [-0.25, -0.2) is 0 Å². The van der Waals surface area contributed by atoms with Crippen LogP contribution in [0, 0.1) is 0 Å². The highest BCUT2D eigenvalue weighted by Gasteiger charge is 2.16. The second-order valence-corrected chi connectivity index (χ2v) is 9.30. The number of hydrogen-bond acceptors (Lipinski definition) is 3. The van der Waals surface area contributed by atoms with Crippen molar-refractivity contribution in [3.8, 4) is 5.75 Å². The second-order valence-electron chi connectivity index (χ2n) is 4.22. The molecule has 0 heterocycles. The Hall–Kier alpha value is -0.778. The Morgan fingerprint density at radius 3 is 1.93 bits per heavy atom. The molecule has 0 fully saturated rings. The molecule has 0 atom stereocenters. The second kappa shape index (κ2) is 4.17. The molecule has 0 aliphatic rings. The minimum atomic E-state index is -1.74. The SMILES string of the molecule is C[Si](C)(C)c1ccc(OB(O)O)cc1. The van der Waals surface area contributed by atoms with Crippen LogP contribution in [0.25, 0.3) is 0 Å². The molecule has 0 aliphatic carbocycles. The molecule has 0 aromatic heterocycles. The zero-order valence-electron chi connectivity index (χ0n) is 8.69. The van der Waals surface area contributed by atoms with Gasteiger partial charge in [-0.2, -0.15) is 0 Å². The molecule has 1 aromatic carbocycles. The summed E-state index contributed by atoms with van der Waals surface area (Å²) in [5, 5.41) is 18.5. The maximum Gasteiger partial charge on any atom is 0.707 e. The molecule has 3 nitrogen and oxygen atoms in total. The lowest BCUT2D eigenvalue weighted by molar-refractivity contribution is 0.288. The molecule has 5 heteroatoms. The summed E-state index contributed by atoms with van der Waals surface area (Å²) in [5.74, 6) is 0.474. The van der Waals surface area contributed by atoms with Gasteiger partial charge in [0.2, 0.25) is 0 Å². The fourth-order valence-corrected chi connectivity index (χ4v) is 2.32. The molecule has 0 unspecified atom stereocenters. The van der Waals surface area contributed by atoms with Gasteiger partial charge in [0.05, 0.1) is 8.07 Å². The summed E-state index contributed by atoms with van der Waals surface area (Å²) in [6, 6.07) is 7.47. The summed E-state index contributed by atoms with van der Waals surface area (Å²) in [5.41, 5.74) is 0. The van der Waals surface area contributed by atoms with E-state index in [9.17, 15) is 0 Å². The molecule has 0 aliphatic heterocycles. The lowest BCUT2D eigenvalue weighted by Gasteiger charge is -2.16. The Morgan fingerprint density at radius 2 is 1.57 bits per heavy atom. The molecular formula is C9H15BO3Si.